The van der Waals surface area contributed by atoms with E-state index in [0.717, 1.165) is 6.42 Å². The lowest BCUT2D eigenvalue weighted by atomic mass is 10.0. The van der Waals surface area contributed by atoms with E-state index in [1.807, 2.05) is 27.0 Å². The number of hydrogen-bond donors (Lipinski definition) is 2. The maximum Gasteiger partial charge on any atom is 0.326 e. The molecule has 0 aromatic rings. The number of carboxylic acid groups (broad SMARTS) is 1. The Labute approximate surface area is 113 Å². The van der Waals surface area contributed by atoms with Crippen LogP contribution in [-0.2, 0) is 4.79 Å². The summed E-state index contributed by atoms with van der Waals surface area (Å²) in [6, 6.07) is -1.16. The Hall–Kier alpha value is -0.910. The van der Waals surface area contributed by atoms with Crippen LogP contribution in [0.15, 0.2) is 0 Å². The average Bonchev–Trinajstić information content (AvgIpc) is 2.32. The summed E-state index contributed by atoms with van der Waals surface area (Å²) in [7, 11) is 1.69. The summed E-state index contributed by atoms with van der Waals surface area (Å²) in [4.78, 5) is 24.6. The zero-order chi connectivity index (χ0) is 14.3. The molecule has 0 aliphatic rings. The van der Waals surface area contributed by atoms with Gasteiger partial charge in [-0.25, -0.2) is 9.59 Å². The van der Waals surface area contributed by atoms with Crippen LogP contribution in [0.25, 0.3) is 0 Å². The number of thioether (sulfide) groups is 1. The van der Waals surface area contributed by atoms with Crippen molar-refractivity contribution in [2.24, 2.45) is 0 Å². The van der Waals surface area contributed by atoms with E-state index in [1.165, 1.54) is 0 Å². The quantitative estimate of drug-likeness (QED) is 0.746. The van der Waals surface area contributed by atoms with Gasteiger partial charge in [0.1, 0.15) is 6.04 Å². The summed E-state index contributed by atoms with van der Waals surface area (Å²) < 4.78 is 0. The SMILES string of the molecule is CCC(C)(C)N(C)C(=O)N[C@H](CCSC)C(=O)O. The Morgan fingerprint density at radius 2 is 2.00 bits per heavy atom. The van der Waals surface area contributed by atoms with Gasteiger partial charge < -0.3 is 15.3 Å². The lowest BCUT2D eigenvalue weighted by Gasteiger charge is -2.35. The van der Waals surface area contributed by atoms with Gasteiger partial charge in [-0.05, 0) is 38.7 Å². The number of carboxylic acids is 1. The zero-order valence-corrected chi connectivity index (χ0v) is 12.6. The van der Waals surface area contributed by atoms with Crippen molar-refractivity contribution in [1.82, 2.24) is 10.2 Å². The number of hydrogen-bond acceptors (Lipinski definition) is 3. The maximum absolute atomic E-state index is 12.0. The Balaban J connectivity index is 4.55. The smallest absolute Gasteiger partial charge is 0.326 e. The first kappa shape index (κ1) is 17.1. The van der Waals surface area contributed by atoms with Crippen LogP contribution in [0, 0.1) is 0 Å². The number of carbonyl (C=O) groups excluding carboxylic acids is 1. The van der Waals surface area contributed by atoms with Gasteiger partial charge in [0.05, 0.1) is 0 Å². The van der Waals surface area contributed by atoms with E-state index in [1.54, 1.807) is 23.7 Å². The summed E-state index contributed by atoms with van der Waals surface area (Å²) in [6.45, 7) is 5.89. The summed E-state index contributed by atoms with van der Waals surface area (Å²) in [5, 5.41) is 11.6. The third-order valence-electron chi connectivity index (χ3n) is 3.28. The fourth-order valence-electron chi connectivity index (χ4n) is 1.25. The van der Waals surface area contributed by atoms with E-state index in [-0.39, 0.29) is 11.6 Å². The molecule has 2 amide bonds. The predicted octanol–water partition coefficient (Wildman–Crippen LogP) is 2.02. The highest BCUT2D eigenvalue weighted by atomic mass is 32.2. The molecule has 106 valence electrons. The molecule has 0 aromatic carbocycles. The molecule has 0 radical (unpaired) electrons. The third-order valence-corrected chi connectivity index (χ3v) is 3.93. The van der Waals surface area contributed by atoms with Gasteiger partial charge in [0.15, 0.2) is 0 Å². The fourth-order valence-corrected chi connectivity index (χ4v) is 1.72. The van der Waals surface area contributed by atoms with Crippen molar-refractivity contribution in [3.05, 3.63) is 0 Å². The first-order valence-electron chi connectivity index (χ1n) is 6.02. The second kappa shape index (κ2) is 7.51. The van der Waals surface area contributed by atoms with E-state index < -0.39 is 12.0 Å². The highest BCUT2D eigenvalue weighted by Gasteiger charge is 2.28. The van der Waals surface area contributed by atoms with Gasteiger partial charge in [-0.2, -0.15) is 11.8 Å². The van der Waals surface area contributed by atoms with Crippen molar-refractivity contribution in [1.29, 1.82) is 0 Å². The second-order valence-electron chi connectivity index (χ2n) is 4.85. The van der Waals surface area contributed by atoms with Crippen molar-refractivity contribution in [2.75, 3.05) is 19.1 Å². The second-order valence-corrected chi connectivity index (χ2v) is 5.83. The molecule has 0 spiro atoms. The van der Waals surface area contributed by atoms with Gasteiger partial charge in [0.25, 0.3) is 0 Å². The standard InChI is InChI=1S/C12H24N2O3S/c1-6-12(2,3)14(4)11(17)13-9(10(15)16)7-8-18-5/h9H,6-8H2,1-5H3,(H,13,17)(H,15,16)/t9-/m1/s1. The minimum atomic E-state index is -0.986. The Kier molecular flexibility index (Phi) is 7.13. The van der Waals surface area contributed by atoms with Crippen LogP contribution < -0.4 is 5.32 Å². The molecule has 0 rings (SSSR count). The van der Waals surface area contributed by atoms with Crippen LogP contribution >= 0.6 is 11.8 Å². The molecule has 0 saturated heterocycles. The number of amides is 2. The van der Waals surface area contributed by atoms with Crippen molar-refractivity contribution >= 4 is 23.8 Å². The van der Waals surface area contributed by atoms with Crippen LogP contribution in [0.2, 0.25) is 0 Å². The van der Waals surface area contributed by atoms with Crippen LogP contribution in [0.3, 0.4) is 0 Å². The summed E-state index contributed by atoms with van der Waals surface area (Å²) in [5.74, 6) is -0.280. The molecule has 0 fully saturated rings. The first-order chi connectivity index (χ1) is 8.26. The molecule has 0 aliphatic carbocycles. The minimum absolute atomic E-state index is 0.285. The molecule has 0 aliphatic heterocycles. The number of nitrogens with zero attached hydrogens (tertiary/aromatic N) is 1. The van der Waals surface area contributed by atoms with E-state index >= 15 is 0 Å². The number of aliphatic carboxylic acids is 1. The Morgan fingerprint density at radius 1 is 1.44 bits per heavy atom. The van der Waals surface area contributed by atoms with Crippen LogP contribution in [-0.4, -0.2) is 52.6 Å². The highest BCUT2D eigenvalue weighted by molar-refractivity contribution is 7.98. The zero-order valence-electron chi connectivity index (χ0n) is 11.8. The van der Waals surface area contributed by atoms with Crippen molar-refractivity contribution in [2.45, 2.75) is 45.2 Å². The topological polar surface area (TPSA) is 69.6 Å². The van der Waals surface area contributed by atoms with E-state index in [0.29, 0.717) is 12.2 Å². The first-order valence-corrected chi connectivity index (χ1v) is 7.41. The van der Waals surface area contributed by atoms with Crippen molar-refractivity contribution < 1.29 is 14.7 Å². The predicted molar refractivity (Wildman–Crippen MR) is 75.1 cm³/mol. The molecule has 2 N–H and O–H groups in total. The van der Waals surface area contributed by atoms with Crippen LogP contribution in [0.5, 0.6) is 0 Å². The number of urea groups is 1. The largest absolute Gasteiger partial charge is 0.480 e. The molecular weight excluding hydrogens is 252 g/mol. The number of rotatable bonds is 7. The van der Waals surface area contributed by atoms with Crippen molar-refractivity contribution in [3.8, 4) is 0 Å². The van der Waals surface area contributed by atoms with Gasteiger partial charge >= 0.3 is 12.0 Å². The van der Waals surface area contributed by atoms with E-state index in [9.17, 15) is 9.59 Å². The summed E-state index contributed by atoms with van der Waals surface area (Å²) >= 11 is 1.56. The van der Waals surface area contributed by atoms with E-state index in [2.05, 4.69) is 5.32 Å². The summed E-state index contributed by atoms with van der Waals surface area (Å²) in [5.41, 5.74) is -0.285. The molecule has 1 atom stereocenters. The monoisotopic (exact) mass is 276 g/mol. The Bertz CT molecular complexity index is 295. The maximum atomic E-state index is 12.0. The van der Waals surface area contributed by atoms with Gasteiger partial charge in [-0.15, -0.1) is 0 Å². The minimum Gasteiger partial charge on any atom is -0.480 e. The highest BCUT2D eigenvalue weighted by Crippen LogP contribution is 2.16. The van der Waals surface area contributed by atoms with Gasteiger partial charge in [0.2, 0.25) is 0 Å². The molecule has 0 bridgehead atoms. The molecule has 0 aromatic heterocycles. The number of nitrogens with one attached hydrogen (secondary N) is 1. The molecule has 18 heavy (non-hydrogen) atoms. The third kappa shape index (κ3) is 5.16. The molecule has 5 nitrogen and oxygen atoms in total. The van der Waals surface area contributed by atoms with Gasteiger partial charge in [-0.1, -0.05) is 6.92 Å². The van der Waals surface area contributed by atoms with Crippen molar-refractivity contribution in [3.63, 3.8) is 0 Å². The molecular formula is C12H24N2O3S. The Morgan fingerprint density at radius 3 is 2.39 bits per heavy atom. The molecule has 6 heteroatoms. The summed E-state index contributed by atoms with van der Waals surface area (Å²) in [6.07, 6.45) is 3.15. The number of carbonyl (C=O) groups is 2. The van der Waals surface area contributed by atoms with Crippen LogP contribution in [0.1, 0.15) is 33.6 Å². The van der Waals surface area contributed by atoms with Crippen LogP contribution in [0.4, 0.5) is 4.79 Å². The lowest BCUT2D eigenvalue weighted by Crippen LogP contribution is -2.53. The fraction of sp³-hybridized carbons (Fsp3) is 0.833. The van der Waals surface area contributed by atoms with Gasteiger partial charge in [-0.3, -0.25) is 0 Å². The molecule has 0 unspecified atom stereocenters. The molecule has 0 heterocycles. The normalized spacial score (nSPS) is 12.9. The van der Waals surface area contributed by atoms with Gasteiger partial charge in [0, 0.05) is 12.6 Å². The van der Waals surface area contributed by atoms with E-state index in [4.69, 9.17) is 5.11 Å². The average molecular weight is 276 g/mol. The molecule has 0 saturated carbocycles. The lowest BCUT2D eigenvalue weighted by molar-refractivity contribution is -0.139.